The molecule has 0 amide bonds. The normalized spacial score (nSPS) is 34.9. The summed E-state index contributed by atoms with van der Waals surface area (Å²) in [5.41, 5.74) is 0.847. The fourth-order valence-electron chi connectivity index (χ4n) is 1.97. The van der Waals surface area contributed by atoms with Crippen LogP contribution in [0.15, 0.2) is 11.6 Å². The third-order valence-corrected chi connectivity index (χ3v) is 2.59. The van der Waals surface area contributed by atoms with Gasteiger partial charge in [0.05, 0.1) is 12.2 Å². The van der Waals surface area contributed by atoms with Crippen molar-refractivity contribution in [3.05, 3.63) is 11.6 Å². The van der Waals surface area contributed by atoms with E-state index in [2.05, 4.69) is 13.8 Å². The smallest absolute Gasteiger partial charge is 0.0779 e. The highest BCUT2D eigenvalue weighted by atomic mass is 16.3. The minimum Gasteiger partial charge on any atom is -0.389 e. The van der Waals surface area contributed by atoms with E-state index in [0.29, 0.717) is 0 Å². The average molecular weight is 170 g/mol. The highest BCUT2D eigenvalue weighted by Crippen LogP contribution is 2.37. The largest absolute Gasteiger partial charge is 0.389 e. The molecule has 0 aromatic heterocycles. The molecule has 12 heavy (non-hydrogen) atoms. The van der Waals surface area contributed by atoms with Gasteiger partial charge in [0, 0.05) is 0 Å². The zero-order valence-corrected chi connectivity index (χ0v) is 8.04. The van der Waals surface area contributed by atoms with Gasteiger partial charge in [0.2, 0.25) is 0 Å². The number of aliphatic hydroxyl groups excluding tert-OH is 2. The van der Waals surface area contributed by atoms with Crippen LogP contribution in [-0.2, 0) is 0 Å². The fourth-order valence-corrected chi connectivity index (χ4v) is 1.97. The summed E-state index contributed by atoms with van der Waals surface area (Å²) >= 11 is 0. The molecule has 0 aliphatic heterocycles. The molecule has 0 spiro atoms. The van der Waals surface area contributed by atoms with Gasteiger partial charge in [-0.05, 0) is 30.8 Å². The molecule has 1 fully saturated rings. The van der Waals surface area contributed by atoms with E-state index >= 15 is 0 Å². The van der Waals surface area contributed by atoms with E-state index in [0.717, 1.165) is 18.4 Å². The van der Waals surface area contributed by atoms with E-state index in [4.69, 9.17) is 0 Å². The predicted octanol–water partition coefficient (Wildman–Crippen LogP) is 1.47. The van der Waals surface area contributed by atoms with Crippen molar-refractivity contribution in [2.24, 2.45) is 5.41 Å². The van der Waals surface area contributed by atoms with E-state index < -0.39 is 12.2 Å². The first-order valence-corrected chi connectivity index (χ1v) is 4.48. The monoisotopic (exact) mass is 170 g/mol. The topological polar surface area (TPSA) is 40.5 Å². The van der Waals surface area contributed by atoms with Crippen molar-refractivity contribution >= 4 is 0 Å². The molecule has 2 nitrogen and oxygen atoms in total. The molecule has 0 aromatic carbocycles. The second kappa shape index (κ2) is 3.19. The van der Waals surface area contributed by atoms with Crippen LogP contribution in [0.25, 0.3) is 0 Å². The Kier molecular flexibility index (Phi) is 2.59. The molecule has 0 bridgehead atoms. The third-order valence-electron chi connectivity index (χ3n) is 2.59. The minimum absolute atomic E-state index is 0.0609. The van der Waals surface area contributed by atoms with E-state index in [1.165, 1.54) is 0 Å². The first-order valence-electron chi connectivity index (χ1n) is 4.48. The fraction of sp³-hybridized carbons (Fsp3) is 0.800. The van der Waals surface area contributed by atoms with Gasteiger partial charge in [0.15, 0.2) is 0 Å². The van der Waals surface area contributed by atoms with Crippen LogP contribution in [-0.4, -0.2) is 22.4 Å². The molecule has 2 unspecified atom stereocenters. The third kappa shape index (κ3) is 1.87. The SMILES string of the molecule is CC=C1C(O)CC(C)(C)CC1O. The lowest BCUT2D eigenvalue weighted by Gasteiger charge is -2.37. The van der Waals surface area contributed by atoms with Gasteiger partial charge in [-0.1, -0.05) is 19.9 Å². The lowest BCUT2D eigenvalue weighted by molar-refractivity contribution is 0.0360. The maximum Gasteiger partial charge on any atom is 0.0779 e. The molecule has 70 valence electrons. The first kappa shape index (κ1) is 9.75. The van der Waals surface area contributed by atoms with Gasteiger partial charge >= 0.3 is 0 Å². The number of hydrogen-bond acceptors (Lipinski definition) is 2. The van der Waals surface area contributed by atoms with Crippen LogP contribution in [0.2, 0.25) is 0 Å². The van der Waals surface area contributed by atoms with E-state index in [-0.39, 0.29) is 5.41 Å². The summed E-state index contributed by atoms with van der Waals surface area (Å²) in [4.78, 5) is 0. The molecule has 2 atom stereocenters. The molecule has 0 heterocycles. The van der Waals surface area contributed by atoms with Crippen LogP contribution in [0.1, 0.15) is 33.6 Å². The zero-order valence-electron chi connectivity index (χ0n) is 8.04. The Bertz CT molecular complexity index is 178. The summed E-state index contributed by atoms with van der Waals surface area (Å²) in [5.74, 6) is 0. The number of aliphatic hydroxyl groups is 2. The summed E-state index contributed by atoms with van der Waals surface area (Å²) in [5, 5.41) is 19.3. The highest BCUT2D eigenvalue weighted by molar-refractivity contribution is 5.17. The summed E-state index contributed by atoms with van der Waals surface area (Å²) in [6, 6.07) is 0. The quantitative estimate of drug-likeness (QED) is 0.540. The number of rotatable bonds is 0. The molecule has 1 aliphatic rings. The average Bonchev–Trinajstić information content (AvgIpc) is 1.82. The second-order valence-electron chi connectivity index (χ2n) is 4.39. The summed E-state index contributed by atoms with van der Waals surface area (Å²) in [7, 11) is 0. The molecule has 2 N–H and O–H groups in total. The number of hydrogen-bond donors (Lipinski definition) is 2. The Morgan fingerprint density at radius 3 is 2.00 bits per heavy atom. The van der Waals surface area contributed by atoms with Crippen molar-refractivity contribution in [1.82, 2.24) is 0 Å². The second-order valence-corrected chi connectivity index (χ2v) is 4.39. The van der Waals surface area contributed by atoms with Gasteiger partial charge in [-0.2, -0.15) is 0 Å². The molecule has 0 radical (unpaired) electrons. The standard InChI is InChI=1S/C10H18O2/c1-4-7-8(11)5-10(2,3)6-9(7)12/h4,8-9,11-12H,5-6H2,1-3H3. The van der Waals surface area contributed by atoms with Crippen LogP contribution in [0.5, 0.6) is 0 Å². The molecule has 2 heteroatoms. The van der Waals surface area contributed by atoms with Crippen LogP contribution in [0.4, 0.5) is 0 Å². The maximum absolute atomic E-state index is 9.65. The summed E-state index contributed by atoms with van der Waals surface area (Å²) in [6.45, 7) is 6.01. The van der Waals surface area contributed by atoms with Crippen LogP contribution < -0.4 is 0 Å². The molecule has 0 saturated heterocycles. The van der Waals surface area contributed by atoms with Crippen LogP contribution in [0.3, 0.4) is 0 Å². The van der Waals surface area contributed by atoms with Gasteiger partial charge in [-0.15, -0.1) is 0 Å². The highest BCUT2D eigenvalue weighted by Gasteiger charge is 2.35. The minimum atomic E-state index is -0.450. The van der Waals surface area contributed by atoms with E-state index in [1.54, 1.807) is 0 Å². The van der Waals surface area contributed by atoms with E-state index in [1.807, 2.05) is 13.0 Å². The van der Waals surface area contributed by atoms with Gasteiger partial charge in [0.1, 0.15) is 0 Å². The van der Waals surface area contributed by atoms with Crippen molar-refractivity contribution in [2.45, 2.75) is 45.8 Å². The zero-order chi connectivity index (χ0) is 9.35. The van der Waals surface area contributed by atoms with Gasteiger partial charge < -0.3 is 10.2 Å². The number of allylic oxidation sites excluding steroid dienone is 1. The van der Waals surface area contributed by atoms with Crippen molar-refractivity contribution in [2.75, 3.05) is 0 Å². The van der Waals surface area contributed by atoms with Crippen molar-refractivity contribution in [1.29, 1.82) is 0 Å². The first-order chi connectivity index (χ1) is 5.46. The van der Waals surface area contributed by atoms with Crippen molar-refractivity contribution in [3.8, 4) is 0 Å². The Hall–Kier alpha value is -0.340. The van der Waals surface area contributed by atoms with E-state index in [9.17, 15) is 10.2 Å². The lowest BCUT2D eigenvalue weighted by Crippen LogP contribution is -2.37. The van der Waals surface area contributed by atoms with Crippen molar-refractivity contribution in [3.63, 3.8) is 0 Å². The van der Waals surface area contributed by atoms with Gasteiger partial charge in [0.25, 0.3) is 0 Å². The molecule has 1 saturated carbocycles. The molecular formula is C10H18O2. The Balaban J connectivity index is 2.77. The summed E-state index contributed by atoms with van der Waals surface area (Å²) < 4.78 is 0. The van der Waals surface area contributed by atoms with Crippen molar-refractivity contribution < 1.29 is 10.2 Å². The molecular weight excluding hydrogens is 152 g/mol. The predicted molar refractivity (Wildman–Crippen MR) is 48.8 cm³/mol. The van der Waals surface area contributed by atoms with Gasteiger partial charge in [-0.3, -0.25) is 0 Å². The lowest BCUT2D eigenvalue weighted by atomic mass is 9.72. The Morgan fingerprint density at radius 1 is 1.25 bits per heavy atom. The Labute approximate surface area is 73.9 Å². The summed E-state index contributed by atoms with van der Waals surface area (Å²) in [6.07, 6.45) is 2.43. The Morgan fingerprint density at radius 2 is 1.67 bits per heavy atom. The van der Waals surface area contributed by atoms with Crippen LogP contribution in [0, 0.1) is 5.41 Å². The van der Waals surface area contributed by atoms with Gasteiger partial charge in [-0.25, -0.2) is 0 Å². The molecule has 1 aliphatic carbocycles. The maximum atomic E-state index is 9.65. The molecule has 0 aromatic rings. The molecule has 1 rings (SSSR count). The van der Waals surface area contributed by atoms with Crippen LogP contribution >= 0.6 is 0 Å².